The van der Waals surface area contributed by atoms with Gasteiger partial charge in [-0.1, -0.05) is 0 Å². The molecule has 1 aliphatic rings. The summed E-state index contributed by atoms with van der Waals surface area (Å²) in [7, 11) is -1.59. The van der Waals surface area contributed by atoms with Gasteiger partial charge in [-0.05, 0) is 44.9 Å². The number of carbonyl (C=O) groups excluding carboxylic acids is 1. The predicted molar refractivity (Wildman–Crippen MR) is 103 cm³/mol. The summed E-state index contributed by atoms with van der Waals surface area (Å²) in [5, 5.41) is 8.20. The zero-order chi connectivity index (χ0) is 20.4. The Morgan fingerprint density at radius 1 is 1.33 bits per heavy atom. The van der Waals surface area contributed by atoms with Crippen LogP contribution < -0.4 is 4.90 Å². The third-order valence-corrected chi connectivity index (χ3v) is 7.32. The van der Waals surface area contributed by atoms with E-state index in [1.165, 1.54) is 17.2 Å². The number of anilines is 1. The molecular weight excluding hydrogens is 369 g/mol. The maximum absolute atomic E-state index is 14.2. The van der Waals surface area contributed by atoms with Gasteiger partial charge in [0.05, 0.1) is 22.6 Å². The third-order valence-electron chi connectivity index (χ3n) is 5.57. The molecule has 1 aromatic rings. The number of benzene rings is 1. The van der Waals surface area contributed by atoms with Crippen molar-refractivity contribution < 1.29 is 17.6 Å². The minimum absolute atomic E-state index is 0.0713. The van der Waals surface area contributed by atoms with Crippen molar-refractivity contribution in [2.75, 3.05) is 31.3 Å². The van der Waals surface area contributed by atoms with E-state index >= 15 is 0 Å². The van der Waals surface area contributed by atoms with Crippen molar-refractivity contribution in [2.24, 2.45) is 5.92 Å². The molecule has 1 fully saturated rings. The van der Waals surface area contributed by atoms with E-state index in [-0.39, 0.29) is 17.4 Å². The van der Waals surface area contributed by atoms with Gasteiger partial charge >= 0.3 is 0 Å². The molecule has 1 amide bonds. The van der Waals surface area contributed by atoms with E-state index in [1.54, 1.807) is 33.0 Å². The molecule has 6 nitrogen and oxygen atoms in total. The quantitative estimate of drug-likeness (QED) is 0.763. The van der Waals surface area contributed by atoms with Gasteiger partial charge in [0.1, 0.15) is 5.82 Å². The monoisotopic (exact) mass is 395 g/mol. The maximum Gasteiger partial charge on any atom is 0.225 e. The van der Waals surface area contributed by atoms with Gasteiger partial charge in [0.25, 0.3) is 0 Å². The van der Waals surface area contributed by atoms with E-state index in [0.29, 0.717) is 31.6 Å². The molecule has 1 aliphatic heterocycles. The maximum atomic E-state index is 14.2. The fraction of sp³-hybridized carbons (Fsp3) is 0.579. The Bertz CT molecular complexity index is 842. The number of nitrogens with zero attached hydrogens (tertiary/aromatic N) is 3. The Hall–Kier alpha value is -2.14. The van der Waals surface area contributed by atoms with Crippen LogP contribution in [0, 0.1) is 23.1 Å². The molecule has 0 bridgehead atoms. The number of sulfone groups is 1. The molecule has 1 aromatic carbocycles. The lowest BCUT2D eigenvalue weighted by atomic mass is 9.94. The van der Waals surface area contributed by atoms with Crippen LogP contribution in [0.2, 0.25) is 0 Å². The highest BCUT2D eigenvalue weighted by molar-refractivity contribution is 7.91. The van der Waals surface area contributed by atoms with E-state index in [1.807, 2.05) is 11.0 Å². The summed E-state index contributed by atoms with van der Waals surface area (Å²) >= 11 is 0. The largest absolute Gasteiger partial charge is 0.369 e. The Kier molecular flexibility index (Phi) is 6.47. The van der Waals surface area contributed by atoms with Crippen LogP contribution in [0.25, 0.3) is 0 Å². The van der Waals surface area contributed by atoms with Crippen molar-refractivity contribution in [1.29, 1.82) is 5.26 Å². The number of hydrogen-bond acceptors (Lipinski definition) is 5. The van der Waals surface area contributed by atoms with Crippen LogP contribution in [0.5, 0.6) is 0 Å². The molecule has 0 aromatic heterocycles. The summed E-state index contributed by atoms with van der Waals surface area (Å²) in [6.07, 6.45) is 2.32. The van der Waals surface area contributed by atoms with Crippen molar-refractivity contribution in [3.05, 3.63) is 29.6 Å². The summed E-state index contributed by atoms with van der Waals surface area (Å²) in [5.74, 6) is -0.716. The lowest BCUT2D eigenvalue weighted by molar-refractivity contribution is -0.136. The van der Waals surface area contributed by atoms with Gasteiger partial charge < -0.3 is 9.80 Å². The molecule has 0 N–H and O–H groups in total. The van der Waals surface area contributed by atoms with Gasteiger partial charge in [-0.2, -0.15) is 5.26 Å². The Morgan fingerprint density at radius 3 is 2.41 bits per heavy atom. The molecule has 8 heteroatoms. The zero-order valence-electron chi connectivity index (χ0n) is 16.1. The van der Waals surface area contributed by atoms with Gasteiger partial charge in [0.2, 0.25) is 5.91 Å². The van der Waals surface area contributed by atoms with E-state index < -0.39 is 26.9 Å². The summed E-state index contributed by atoms with van der Waals surface area (Å²) < 4.78 is 37.7. The van der Waals surface area contributed by atoms with E-state index in [4.69, 9.17) is 5.26 Å². The average Bonchev–Trinajstić information content (AvgIpc) is 2.64. The summed E-state index contributed by atoms with van der Waals surface area (Å²) in [6.45, 7) is 4.41. The number of carbonyl (C=O) groups is 1. The van der Waals surface area contributed by atoms with Crippen LogP contribution in [0.1, 0.15) is 32.3 Å². The Labute approximate surface area is 160 Å². The number of nitriles is 1. The fourth-order valence-corrected chi connectivity index (χ4v) is 4.26. The van der Waals surface area contributed by atoms with Crippen molar-refractivity contribution >= 4 is 21.4 Å². The highest BCUT2D eigenvalue weighted by atomic mass is 32.2. The highest BCUT2D eigenvalue weighted by Gasteiger charge is 2.33. The number of halogens is 1. The number of rotatable bonds is 5. The molecule has 27 heavy (non-hydrogen) atoms. The number of amides is 1. The standard InChI is InChI=1S/C19H26FN3O3S/c1-13(14(2)27(4,25)26)22(3)19(24)16-7-9-23(10-8-16)18-6-5-15(12-21)11-17(18)20/h5-6,11,13-14,16H,7-10H2,1-4H3. The fourth-order valence-electron chi connectivity index (χ4n) is 3.36. The van der Waals surface area contributed by atoms with Gasteiger partial charge in [-0.3, -0.25) is 4.79 Å². The van der Waals surface area contributed by atoms with Gasteiger partial charge in [-0.25, -0.2) is 12.8 Å². The van der Waals surface area contributed by atoms with Crippen LogP contribution in [0.3, 0.4) is 0 Å². The summed E-state index contributed by atoms with van der Waals surface area (Å²) in [5.41, 5.74) is 0.712. The normalized spacial score (nSPS) is 17.9. The zero-order valence-corrected chi connectivity index (χ0v) is 17.0. The van der Waals surface area contributed by atoms with E-state index in [2.05, 4.69) is 0 Å². The highest BCUT2D eigenvalue weighted by Crippen LogP contribution is 2.27. The lowest BCUT2D eigenvalue weighted by Gasteiger charge is -2.37. The second-order valence-corrected chi connectivity index (χ2v) is 9.67. The van der Waals surface area contributed by atoms with Gasteiger partial charge in [0.15, 0.2) is 9.84 Å². The van der Waals surface area contributed by atoms with Crippen LogP contribution in [-0.2, 0) is 14.6 Å². The first kappa shape index (κ1) is 21.2. The molecule has 1 saturated heterocycles. The van der Waals surface area contributed by atoms with Crippen molar-refractivity contribution in [3.8, 4) is 6.07 Å². The first-order valence-corrected chi connectivity index (χ1v) is 10.9. The number of piperidine rings is 1. The van der Waals surface area contributed by atoms with Crippen LogP contribution in [0.15, 0.2) is 18.2 Å². The van der Waals surface area contributed by atoms with Crippen molar-refractivity contribution in [1.82, 2.24) is 4.90 Å². The topological polar surface area (TPSA) is 81.5 Å². The molecular formula is C19H26FN3O3S. The molecule has 0 saturated carbocycles. The van der Waals surface area contributed by atoms with Crippen molar-refractivity contribution in [3.63, 3.8) is 0 Å². The molecule has 1 heterocycles. The summed E-state index contributed by atoms with van der Waals surface area (Å²) in [4.78, 5) is 16.2. The lowest BCUT2D eigenvalue weighted by Crippen LogP contribution is -2.48. The Morgan fingerprint density at radius 2 is 1.93 bits per heavy atom. The summed E-state index contributed by atoms with van der Waals surface area (Å²) in [6, 6.07) is 5.89. The van der Waals surface area contributed by atoms with Crippen LogP contribution >= 0.6 is 0 Å². The molecule has 2 unspecified atom stereocenters. The smallest absolute Gasteiger partial charge is 0.225 e. The van der Waals surface area contributed by atoms with Crippen LogP contribution in [0.4, 0.5) is 10.1 Å². The minimum Gasteiger partial charge on any atom is -0.369 e. The number of hydrogen-bond donors (Lipinski definition) is 0. The second kappa shape index (κ2) is 8.26. The molecule has 0 spiro atoms. The minimum atomic E-state index is -3.23. The molecule has 0 radical (unpaired) electrons. The molecule has 148 valence electrons. The molecule has 2 rings (SSSR count). The first-order chi connectivity index (χ1) is 12.6. The van der Waals surface area contributed by atoms with E-state index in [9.17, 15) is 17.6 Å². The SMILES string of the molecule is CC(C(C)S(C)(=O)=O)N(C)C(=O)C1CCN(c2ccc(C#N)cc2F)CC1. The predicted octanol–water partition coefficient (Wildman–Crippen LogP) is 2.19. The van der Waals surface area contributed by atoms with Crippen LogP contribution in [-0.4, -0.2) is 56.9 Å². The van der Waals surface area contributed by atoms with Crippen molar-refractivity contribution in [2.45, 2.75) is 38.0 Å². The average molecular weight is 396 g/mol. The van der Waals surface area contributed by atoms with E-state index in [0.717, 1.165) is 0 Å². The van der Waals surface area contributed by atoms with Gasteiger partial charge in [-0.15, -0.1) is 0 Å². The second-order valence-electron chi connectivity index (χ2n) is 7.26. The Balaban J connectivity index is 2.01. The molecule has 0 aliphatic carbocycles. The molecule has 2 atom stereocenters. The first-order valence-electron chi connectivity index (χ1n) is 8.96. The third kappa shape index (κ3) is 4.78. The van der Waals surface area contributed by atoms with Gasteiger partial charge in [0, 0.05) is 38.4 Å².